The molecule has 138 valence electrons. The van der Waals surface area contributed by atoms with Crippen molar-refractivity contribution >= 4 is 29.2 Å². The van der Waals surface area contributed by atoms with Crippen LogP contribution in [0.15, 0.2) is 47.1 Å². The Morgan fingerprint density at radius 1 is 1.15 bits per heavy atom. The maximum absolute atomic E-state index is 13.5. The summed E-state index contributed by atoms with van der Waals surface area (Å²) in [6.45, 7) is 0. The molecule has 2 aromatic carbocycles. The number of ether oxygens (including phenoxy) is 1. The van der Waals surface area contributed by atoms with Gasteiger partial charge in [-0.3, -0.25) is 4.79 Å². The van der Waals surface area contributed by atoms with Gasteiger partial charge >= 0.3 is 5.97 Å². The molecule has 6 nitrogen and oxygen atoms in total. The number of hydrogen-bond donors (Lipinski definition) is 1. The van der Waals surface area contributed by atoms with E-state index in [0.717, 1.165) is 18.3 Å². The Morgan fingerprint density at radius 3 is 2.63 bits per heavy atom. The van der Waals surface area contributed by atoms with Gasteiger partial charge in [0, 0.05) is 5.56 Å². The van der Waals surface area contributed by atoms with Crippen LogP contribution in [0.3, 0.4) is 0 Å². The van der Waals surface area contributed by atoms with Crippen molar-refractivity contribution in [3.63, 3.8) is 0 Å². The molecule has 0 fully saturated rings. The van der Waals surface area contributed by atoms with Gasteiger partial charge in [-0.2, -0.15) is 0 Å². The van der Waals surface area contributed by atoms with Crippen molar-refractivity contribution in [1.29, 1.82) is 0 Å². The van der Waals surface area contributed by atoms with E-state index in [1.807, 2.05) is 0 Å². The highest BCUT2D eigenvalue weighted by atomic mass is 35.5. The van der Waals surface area contributed by atoms with E-state index >= 15 is 0 Å². The van der Waals surface area contributed by atoms with Gasteiger partial charge in [0.05, 0.1) is 29.6 Å². The average Bonchev–Trinajstić information content (AvgIpc) is 3.15. The Morgan fingerprint density at radius 2 is 1.93 bits per heavy atom. The third-order valence-corrected chi connectivity index (χ3v) is 3.96. The van der Waals surface area contributed by atoms with E-state index in [2.05, 4.69) is 15.2 Å². The number of esters is 1. The average molecular weight is 393 g/mol. The molecule has 0 bridgehead atoms. The third kappa shape index (κ3) is 3.80. The maximum Gasteiger partial charge on any atom is 0.337 e. The molecular formula is C18H11ClF2N2O4. The SMILES string of the molecule is COC(=O)c1ccc(Cl)c(NC(=O)c2cnoc2-c2ccc(F)c(F)c2)c1. The highest BCUT2D eigenvalue weighted by Gasteiger charge is 2.20. The van der Waals surface area contributed by atoms with Crippen molar-refractivity contribution in [1.82, 2.24) is 5.16 Å². The number of aromatic nitrogens is 1. The number of hydrogen-bond acceptors (Lipinski definition) is 5. The first-order valence-electron chi connectivity index (χ1n) is 7.50. The number of anilines is 1. The summed E-state index contributed by atoms with van der Waals surface area (Å²) in [6, 6.07) is 7.25. The molecule has 0 aliphatic rings. The summed E-state index contributed by atoms with van der Waals surface area (Å²) < 4.78 is 36.2. The summed E-state index contributed by atoms with van der Waals surface area (Å²) in [7, 11) is 1.22. The maximum atomic E-state index is 13.5. The summed E-state index contributed by atoms with van der Waals surface area (Å²) in [4.78, 5) is 24.2. The molecule has 0 unspecified atom stereocenters. The number of nitrogens with zero attached hydrogens (tertiary/aromatic N) is 1. The second kappa shape index (κ2) is 7.55. The largest absolute Gasteiger partial charge is 0.465 e. The molecule has 1 heterocycles. The smallest absolute Gasteiger partial charge is 0.337 e. The molecule has 0 saturated carbocycles. The van der Waals surface area contributed by atoms with Crippen LogP contribution in [-0.4, -0.2) is 24.1 Å². The molecule has 3 rings (SSSR count). The zero-order valence-corrected chi connectivity index (χ0v) is 14.5. The Hall–Kier alpha value is -3.26. The van der Waals surface area contributed by atoms with Crippen LogP contribution in [0, 0.1) is 11.6 Å². The second-order valence-corrected chi connectivity index (χ2v) is 5.75. The molecule has 1 N–H and O–H groups in total. The Bertz CT molecular complexity index is 1040. The lowest BCUT2D eigenvalue weighted by Gasteiger charge is -2.09. The highest BCUT2D eigenvalue weighted by molar-refractivity contribution is 6.34. The molecule has 0 aliphatic heterocycles. The Balaban J connectivity index is 1.91. The number of rotatable bonds is 4. The standard InChI is InChI=1S/C18H11ClF2N2O4/c1-26-18(25)10-2-4-12(19)15(7-10)23-17(24)11-8-22-27-16(11)9-3-5-13(20)14(21)6-9/h2-8H,1H3,(H,23,24). The summed E-state index contributed by atoms with van der Waals surface area (Å²) in [5.41, 5.74) is 0.442. The van der Waals surface area contributed by atoms with Gasteiger partial charge in [0.25, 0.3) is 5.91 Å². The van der Waals surface area contributed by atoms with E-state index in [-0.39, 0.29) is 33.2 Å². The number of methoxy groups -OCH3 is 1. The quantitative estimate of drug-likeness (QED) is 0.669. The van der Waals surface area contributed by atoms with Gasteiger partial charge in [-0.05, 0) is 36.4 Å². The number of carbonyl (C=O) groups is 2. The monoisotopic (exact) mass is 392 g/mol. The van der Waals surface area contributed by atoms with Gasteiger partial charge in [0.15, 0.2) is 17.4 Å². The van der Waals surface area contributed by atoms with E-state index in [4.69, 9.17) is 16.1 Å². The van der Waals surface area contributed by atoms with Crippen LogP contribution >= 0.6 is 11.6 Å². The third-order valence-electron chi connectivity index (χ3n) is 3.63. The van der Waals surface area contributed by atoms with E-state index in [1.165, 1.54) is 31.4 Å². The molecule has 0 atom stereocenters. The zero-order chi connectivity index (χ0) is 19.6. The van der Waals surface area contributed by atoms with Crippen molar-refractivity contribution in [2.75, 3.05) is 12.4 Å². The lowest BCUT2D eigenvalue weighted by Crippen LogP contribution is -2.13. The van der Waals surface area contributed by atoms with E-state index in [9.17, 15) is 18.4 Å². The normalized spacial score (nSPS) is 10.5. The van der Waals surface area contributed by atoms with Crippen molar-refractivity contribution in [3.8, 4) is 11.3 Å². The van der Waals surface area contributed by atoms with Gasteiger partial charge < -0.3 is 14.6 Å². The number of amides is 1. The lowest BCUT2D eigenvalue weighted by atomic mass is 10.1. The minimum atomic E-state index is -1.09. The number of carbonyl (C=O) groups excluding carboxylic acids is 2. The summed E-state index contributed by atoms with van der Waals surface area (Å²) in [5, 5.41) is 6.24. The molecule has 1 aromatic heterocycles. The minimum absolute atomic E-state index is 0.0273. The van der Waals surface area contributed by atoms with Crippen molar-refractivity contribution in [3.05, 3.63) is 70.4 Å². The van der Waals surface area contributed by atoms with Crippen LogP contribution in [0.1, 0.15) is 20.7 Å². The van der Waals surface area contributed by atoms with Crippen LogP contribution in [0.5, 0.6) is 0 Å². The number of halogens is 3. The van der Waals surface area contributed by atoms with E-state index < -0.39 is 23.5 Å². The molecule has 9 heteroatoms. The summed E-state index contributed by atoms with van der Waals surface area (Å²) in [5.74, 6) is -3.44. The Labute approximate surface area is 156 Å². The first-order chi connectivity index (χ1) is 12.9. The van der Waals surface area contributed by atoms with Gasteiger partial charge in [0.1, 0.15) is 5.56 Å². The van der Waals surface area contributed by atoms with Crippen molar-refractivity contribution < 1.29 is 27.6 Å². The van der Waals surface area contributed by atoms with Crippen molar-refractivity contribution in [2.24, 2.45) is 0 Å². The van der Waals surface area contributed by atoms with Crippen LogP contribution in [0.25, 0.3) is 11.3 Å². The first kappa shape index (κ1) is 18.5. The fourth-order valence-electron chi connectivity index (χ4n) is 2.30. The molecule has 0 radical (unpaired) electrons. The van der Waals surface area contributed by atoms with Gasteiger partial charge in [-0.15, -0.1) is 0 Å². The molecule has 1 amide bonds. The fourth-order valence-corrected chi connectivity index (χ4v) is 2.47. The van der Waals surface area contributed by atoms with Crippen LogP contribution in [0.2, 0.25) is 5.02 Å². The first-order valence-corrected chi connectivity index (χ1v) is 7.88. The second-order valence-electron chi connectivity index (χ2n) is 5.34. The highest BCUT2D eigenvalue weighted by Crippen LogP contribution is 2.28. The molecule has 27 heavy (non-hydrogen) atoms. The van der Waals surface area contributed by atoms with Crippen LogP contribution < -0.4 is 5.32 Å². The van der Waals surface area contributed by atoms with E-state index in [0.29, 0.717) is 0 Å². The van der Waals surface area contributed by atoms with Crippen LogP contribution in [-0.2, 0) is 4.74 Å². The molecule has 3 aromatic rings. The van der Waals surface area contributed by atoms with Gasteiger partial charge in [-0.1, -0.05) is 16.8 Å². The predicted molar refractivity (Wildman–Crippen MR) is 92.6 cm³/mol. The summed E-state index contributed by atoms with van der Waals surface area (Å²) >= 11 is 6.05. The Kier molecular flexibility index (Phi) is 5.18. The van der Waals surface area contributed by atoms with Gasteiger partial charge in [0.2, 0.25) is 0 Å². The summed E-state index contributed by atoms with van der Waals surface area (Å²) in [6.07, 6.45) is 1.13. The topological polar surface area (TPSA) is 81.4 Å². The predicted octanol–water partition coefficient (Wildman–Crippen LogP) is 4.31. The molecule has 0 aliphatic carbocycles. The van der Waals surface area contributed by atoms with Gasteiger partial charge in [-0.25, -0.2) is 13.6 Å². The number of benzene rings is 2. The number of nitrogens with one attached hydrogen (secondary N) is 1. The zero-order valence-electron chi connectivity index (χ0n) is 13.8. The van der Waals surface area contributed by atoms with E-state index in [1.54, 1.807) is 0 Å². The van der Waals surface area contributed by atoms with Crippen molar-refractivity contribution in [2.45, 2.75) is 0 Å². The minimum Gasteiger partial charge on any atom is -0.465 e. The molecule has 0 saturated heterocycles. The molecular weight excluding hydrogens is 382 g/mol. The fraction of sp³-hybridized carbons (Fsp3) is 0.0556. The van der Waals surface area contributed by atoms with Crippen LogP contribution in [0.4, 0.5) is 14.5 Å². The lowest BCUT2D eigenvalue weighted by molar-refractivity contribution is 0.0600. The molecule has 0 spiro atoms.